The molecule has 2 rings (SSSR count). The summed E-state index contributed by atoms with van der Waals surface area (Å²) in [6.45, 7) is 0.00894. The Labute approximate surface area is 162 Å². The Morgan fingerprint density at radius 1 is 1.28 bits per heavy atom. The van der Waals surface area contributed by atoms with E-state index in [1.165, 1.54) is 0 Å². The molecule has 2 N–H and O–H groups in total. The first kappa shape index (κ1) is 21.2. The van der Waals surface area contributed by atoms with Crippen LogP contribution in [0.5, 0.6) is 5.75 Å². The average molecular weight is 465 g/mol. The number of halogens is 3. The van der Waals surface area contributed by atoms with Crippen LogP contribution in [0.1, 0.15) is 16.9 Å². The van der Waals surface area contributed by atoms with Crippen LogP contribution in [-0.4, -0.2) is 26.2 Å². The van der Waals surface area contributed by atoms with Crippen molar-refractivity contribution in [1.82, 2.24) is 10.6 Å². The molecule has 138 valence electrons. The summed E-state index contributed by atoms with van der Waals surface area (Å²) in [5, 5.41) is 6.23. The van der Waals surface area contributed by atoms with Gasteiger partial charge >= 0.3 is 6.61 Å². The molecular formula is C17H22F2IN3O2. The van der Waals surface area contributed by atoms with E-state index < -0.39 is 6.61 Å². The van der Waals surface area contributed by atoms with Crippen LogP contribution in [0.4, 0.5) is 8.78 Å². The zero-order valence-corrected chi connectivity index (χ0v) is 16.4. The van der Waals surface area contributed by atoms with Crippen LogP contribution in [-0.2, 0) is 13.0 Å². The highest BCUT2D eigenvalue weighted by Gasteiger charge is 2.10. The highest BCUT2D eigenvalue weighted by atomic mass is 127. The Hall–Kier alpha value is -1.84. The molecule has 0 spiro atoms. The van der Waals surface area contributed by atoms with E-state index in [4.69, 9.17) is 4.42 Å². The van der Waals surface area contributed by atoms with Gasteiger partial charge in [-0.15, -0.1) is 24.0 Å². The Kier molecular flexibility index (Phi) is 9.25. The van der Waals surface area contributed by atoms with E-state index in [-0.39, 0.29) is 29.7 Å². The molecule has 1 heterocycles. The standard InChI is InChI=1S/C17H21F2N3O2.HI/c1-12-5-6-15(24-16(18)19)13(10-12)11-22-17(20-2)21-8-7-14-4-3-9-23-14;/h3-6,9-10,16H,7-8,11H2,1-2H3,(H2,20,21,22);1H. The summed E-state index contributed by atoms with van der Waals surface area (Å²) >= 11 is 0. The first-order chi connectivity index (χ1) is 11.6. The minimum Gasteiger partial charge on any atom is -0.469 e. The number of benzene rings is 1. The normalized spacial score (nSPS) is 11.2. The molecule has 0 aliphatic carbocycles. The Balaban J connectivity index is 0.00000312. The number of aryl methyl sites for hydroxylation is 1. The van der Waals surface area contributed by atoms with Gasteiger partial charge in [-0.2, -0.15) is 8.78 Å². The van der Waals surface area contributed by atoms with Gasteiger partial charge < -0.3 is 19.8 Å². The van der Waals surface area contributed by atoms with Crippen molar-refractivity contribution in [2.45, 2.75) is 26.5 Å². The smallest absolute Gasteiger partial charge is 0.387 e. The number of hydrogen-bond donors (Lipinski definition) is 2. The first-order valence-corrected chi connectivity index (χ1v) is 7.59. The average Bonchev–Trinajstić information content (AvgIpc) is 3.06. The highest BCUT2D eigenvalue weighted by Crippen LogP contribution is 2.21. The van der Waals surface area contributed by atoms with Crippen LogP contribution in [0.2, 0.25) is 0 Å². The molecule has 0 saturated carbocycles. The molecule has 0 aliphatic heterocycles. The van der Waals surface area contributed by atoms with Crippen molar-refractivity contribution in [1.29, 1.82) is 0 Å². The van der Waals surface area contributed by atoms with E-state index in [0.717, 1.165) is 17.7 Å². The van der Waals surface area contributed by atoms with Gasteiger partial charge in [0.25, 0.3) is 0 Å². The maximum absolute atomic E-state index is 12.5. The molecule has 1 aromatic heterocycles. The highest BCUT2D eigenvalue weighted by molar-refractivity contribution is 14.0. The summed E-state index contributed by atoms with van der Waals surface area (Å²) in [6, 6.07) is 8.83. The fourth-order valence-electron chi connectivity index (χ4n) is 2.22. The molecule has 5 nitrogen and oxygen atoms in total. The molecule has 0 unspecified atom stereocenters. The minimum atomic E-state index is -2.85. The Morgan fingerprint density at radius 3 is 2.72 bits per heavy atom. The van der Waals surface area contributed by atoms with Crippen LogP contribution in [0.3, 0.4) is 0 Å². The largest absolute Gasteiger partial charge is 0.469 e. The lowest BCUT2D eigenvalue weighted by atomic mass is 10.1. The monoisotopic (exact) mass is 465 g/mol. The van der Waals surface area contributed by atoms with E-state index >= 15 is 0 Å². The number of furan rings is 1. The second-order valence-corrected chi connectivity index (χ2v) is 5.17. The number of nitrogens with zero attached hydrogens (tertiary/aromatic N) is 1. The van der Waals surface area contributed by atoms with E-state index in [2.05, 4.69) is 20.4 Å². The molecule has 0 radical (unpaired) electrons. The molecule has 0 saturated heterocycles. The lowest BCUT2D eigenvalue weighted by molar-refractivity contribution is -0.0504. The van der Waals surface area contributed by atoms with Crippen LogP contribution >= 0.6 is 24.0 Å². The van der Waals surface area contributed by atoms with Gasteiger partial charge in [-0.25, -0.2) is 0 Å². The minimum absolute atomic E-state index is 0. The Morgan fingerprint density at radius 2 is 2.08 bits per heavy atom. The zero-order chi connectivity index (χ0) is 17.4. The second-order valence-electron chi connectivity index (χ2n) is 5.17. The van der Waals surface area contributed by atoms with Crippen molar-refractivity contribution >= 4 is 29.9 Å². The van der Waals surface area contributed by atoms with Crippen molar-refractivity contribution < 1.29 is 17.9 Å². The SMILES string of the molecule is CN=C(NCCc1ccco1)NCc1cc(C)ccc1OC(F)F.I. The summed E-state index contributed by atoms with van der Waals surface area (Å²) in [4.78, 5) is 4.11. The summed E-state index contributed by atoms with van der Waals surface area (Å²) in [7, 11) is 1.65. The molecule has 0 amide bonds. The van der Waals surface area contributed by atoms with Gasteiger partial charge in [0, 0.05) is 32.1 Å². The van der Waals surface area contributed by atoms with Crippen LogP contribution < -0.4 is 15.4 Å². The fraction of sp³-hybridized carbons (Fsp3) is 0.353. The molecule has 2 aromatic rings. The molecule has 0 aliphatic rings. The number of guanidine groups is 1. The van der Waals surface area contributed by atoms with Crippen molar-refractivity contribution in [3.8, 4) is 5.75 Å². The number of aliphatic imine (C=N–C) groups is 1. The van der Waals surface area contributed by atoms with Gasteiger partial charge in [0.15, 0.2) is 5.96 Å². The van der Waals surface area contributed by atoms with E-state index in [9.17, 15) is 8.78 Å². The molecule has 0 fully saturated rings. The number of hydrogen-bond acceptors (Lipinski definition) is 3. The van der Waals surface area contributed by atoms with E-state index in [0.29, 0.717) is 24.6 Å². The quantitative estimate of drug-likeness (QED) is 0.372. The topological polar surface area (TPSA) is 58.8 Å². The van der Waals surface area contributed by atoms with Gasteiger partial charge in [-0.05, 0) is 25.1 Å². The van der Waals surface area contributed by atoms with Gasteiger partial charge in [-0.3, -0.25) is 4.99 Å². The molecule has 1 aromatic carbocycles. The zero-order valence-electron chi connectivity index (χ0n) is 14.1. The molecule has 0 bridgehead atoms. The third kappa shape index (κ3) is 7.29. The molecule has 25 heavy (non-hydrogen) atoms. The fourth-order valence-corrected chi connectivity index (χ4v) is 2.22. The van der Waals surface area contributed by atoms with Crippen molar-refractivity contribution in [2.75, 3.05) is 13.6 Å². The van der Waals surface area contributed by atoms with Gasteiger partial charge in [-0.1, -0.05) is 17.7 Å². The summed E-state index contributed by atoms with van der Waals surface area (Å²) < 4.78 is 34.8. The number of alkyl halides is 2. The van der Waals surface area contributed by atoms with Crippen LogP contribution in [0.25, 0.3) is 0 Å². The third-order valence-electron chi connectivity index (χ3n) is 3.35. The Bertz CT molecular complexity index is 664. The van der Waals surface area contributed by atoms with Gasteiger partial charge in [0.05, 0.1) is 6.26 Å². The van der Waals surface area contributed by atoms with Gasteiger partial charge in [0.2, 0.25) is 0 Å². The van der Waals surface area contributed by atoms with E-state index in [1.807, 2.05) is 19.1 Å². The van der Waals surface area contributed by atoms with Crippen molar-refractivity contribution in [3.63, 3.8) is 0 Å². The molecule has 8 heteroatoms. The lowest BCUT2D eigenvalue weighted by Crippen LogP contribution is -2.37. The summed E-state index contributed by atoms with van der Waals surface area (Å²) in [6.07, 6.45) is 2.35. The van der Waals surface area contributed by atoms with E-state index in [1.54, 1.807) is 31.5 Å². The van der Waals surface area contributed by atoms with Crippen molar-refractivity contribution in [2.24, 2.45) is 4.99 Å². The maximum Gasteiger partial charge on any atom is 0.387 e. The molecule has 0 atom stereocenters. The van der Waals surface area contributed by atoms with Crippen LogP contribution in [0, 0.1) is 6.92 Å². The second kappa shape index (κ2) is 10.9. The predicted molar refractivity (Wildman–Crippen MR) is 104 cm³/mol. The first-order valence-electron chi connectivity index (χ1n) is 7.59. The summed E-state index contributed by atoms with van der Waals surface area (Å²) in [5.41, 5.74) is 1.61. The summed E-state index contributed by atoms with van der Waals surface area (Å²) in [5.74, 6) is 1.62. The number of rotatable bonds is 7. The van der Waals surface area contributed by atoms with Crippen LogP contribution in [0.15, 0.2) is 46.0 Å². The predicted octanol–water partition coefficient (Wildman–Crippen LogP) is 3.72. The maximum atomic E-state index is 12.5. The molecular weight excluding hydrogens is 443 g/mol. The number of nitrogens with one attached hydrogen (secondary N) is 2. The third-order valence-corrected chi connectivity index (χ3v) is 3.35. The van der Waals surface area contributed by atoms with Crippen molar-refractivity contribution in [3.05, 3.63) is 53.5 Å². The van der Waals surface area contributed by atoms with Gasteiger partial charge in [0.1, 0.15) is 11.5 Å². The number of ether oxygens (including phenoxy) is 1. The lowest BCUT2D eigenvalue weighted by Gasteiger charge is -2.15.